The Hall–Kier alpha value is -2.86. The van der Waals surface area contributed by atoms with Crippen LogP contribution in [0.15, 0.2) is 59.0 Å². The SMILES string of the molecule is C/C(=N/Nc1nc(-c2ccccc2)cs1)c1ccc(O)cc1O. The third-order valence-corrected chi connectivity index (χ3v) is 4.01. The van der Waals surface area contributed by atoms with Crippen molar-refractivity contribution in [1.82, 2.24) is 4.98 Å². The van der Waals surface area contributed by atoms with E-state index in [1.165, 1.54) is 23.5 Å². The molecule has 0 aliphatic heterocycles. The fraction of sp³-hybridized carbons (Fsp3) is 0.0588. The molecule has 3 rings (SSSR count). The number of phenolic OH excluding ortho intramolecular Hbond substituents is 2. The number of thiazole rings is 1. The number of nitrogens with one attached hydrogen (secondary N) is 1. The van der Waals surface area contributed by atoms with E-state index in [0.29, 0.717) is 16.4 Å². The molecule has 2 aromatic carbocycles. The topological polar surface area (TPSA) is 77.7 Å². The first-order valence-electron chi connectivity index (χ1n) is 6.97. The summed E-state index contributed by atoms with van der Waals surface area (Å²) in [5, 5.41) is 26.0. The Morgan fingerprint density at radius 2 is 1.91 bits per heavy atom. The van der Waals surface area contributed by atoms with Gasteiger partial charge in [0.15, 0.2) is 0 Å². The number of hydrogen-bond acceptors (Lipinski definition) is 6. The van der Waals surface area contributed by atoms with Crippen LogP contribution in [0.3, 0.4) is 0 Å². The molecule has 0 atom stereocenters. The van der Waals surface area contributed by atoms with Gasteiger partial charge in [-0.05, 0) is 19.1 Å². The van der Waals surface area contributed by atoms with Crippen LogP contribution in [0.2, 0.25) is 0 Å². The molecule has 1 heterocycles. The lowest BCUT2D eigenvalue weighted by Gasteiger charge is -2.04. The molecule has 0 radical (unpaired) electrons. The number of anilines is 1. The molecule has 6 heteroatoms. The molecule has 0 saturated carbocycles. The second kappa shape index (κ2) is 6.50. The lowest BCUT2D eigenvalue weighted by atomic mass is 10.1. The van der Waals surface area contributed by atoms with Gasteiger partial charge in [-0.15, -0.1) is 11.3 Å². The van der Waals surface area contributed by atoms with Crippen molar-refractivity contribution < 1.29 is 10.2 Å². The van der Waals surface area contributed by atoms with Crippen molar-refractivity contribution in [2.24, 2.45) is 5.10 Å². The number of aromatic nitrogens is 1. The van der Waals surface area contributed by atoms with Gasteiger partial charge in [0.2, 0.25) is 5.13 Å². The third-order valence-electron chi connectivity index (χ3n) is 3.26. The quantitative estimate of drug-likeness (QED) is 0.499. The molecule has 0 fully saturated rings. The lowest BCUT2D eigenvalue weighted by molar-refractivity contribution is 0.450. The maximum Gasteiger partial charge on any atom is 0.203 e. The van der Waals surface area contributed by atoms with Crippen molar-refractivity contribution in [3.8, 4) is 22.8 Å². The standard InChI is InChI=1S/C17H15N3O2S/c1-11(14-8-7-13(21)9-16(14)22)19-20-17-18-15(10-23-17)12-5-3-2-4-6-12/h2-10,21-22H,1H3,(H,18,20)/b19-11-. The monoisotopic (exact) mass is 325 g/mol. The Morgan fingerprint density at radius 3 is 2.65 bits per heavy atom. The minimum absolute atomic E-state index is 0.0134. The van der Waals surface area contributed by atoms with E-state index in [1.54, 1.807) is 13.0 Å². The van der Waals surface area contributed by atoms with Gasteiger partial charge in [0.1, 0.15) is 11.5 Å². The molecule has 23 heavy (non-hydrogen) atoms. The highest BCUT2D eigenvalue weighted by Crippen LogP contribution is 2.26. The minimum Gasteiger partial charge on any atom is -0.508 e. The third kappa shape index (κ3) is 3.49. The van der Waals surface area contributed by atoms with Gasteiger partial charge in [-0.2, -0.15) is 5.10 Å². The number of benzene rings is 2. The maximum absolute atomic E-state index is 9.83. The molecule has 0 amide bonds. The first-order valence-corrected chi connectivity index (χ1v) is 7.85. The Balaban J connectivity index is 1.76. The van der Waals surface area contributed by atoms with Crippen molar-refractivity contribution >= 4 is 22.2 Å². The highest BCUT2D eigenvalue weighted by molar-refractivity contribution is 7.14. The average Bonchev–Trinajstić information content (AvgIpc) is 3.02. The van der Waals surface area contributed by atoms with Crippen molar-refractivity contribution in [2.75, 3.05) is 5.43 Å². The number of phenols is 2. The van der Waals surface area contributed by atoms with Gasteiger partial charge in [0.25, 0.3) is 0 Å². The van der Waals surface area contributed by atoms with E-state index in [9.17, 15) is 10.2 Å². The second-order valence-electron chi connectivity index (χ2n) is 4.91. The van der Waals surface area contributed by atoms with Crippen molar-refractivity contribution in [3.05, 3.63) is 59.5 Å². The van der Waals surface area contributed by atoms with E-state index in [2.05, 4.69) is 15.5 Å². The van der Waals surface area contributed by atoms with Crippen LogP contribution in [0.1, 0.15) is 12.5 Å². The van der Waals surface area contributed by atoms with E-state index >= 15 is 0 Å². The molecule has 0 aliphatic rings. The Kier molecular flexibility index (Phi) is 4.25. The van der Waals surface area contributed by atoms with Gasteiger partial charge < -0.3 is 10.2 Å². The van der Waals surface area contributed by atoms with Crippen LogP contribution >= 0.6 is 11.3 Å². The van der Waals surface area contributed by atoms with E-state index in [1.807, 2.05) is 35.7 Å². The van der Waals surface area contributed by atoms with E-state index in [0.717, 1.165) is 11.3 Å². The summed E-state index contributed by atoms with van der Waals surface area (Å²) in [5.41, 5.74) is 5.98. The van der Waals surface area contributed by atoms with E-state index < -0.39 is 0 Å². The zero-order valence-corrected chi connectivity index (χ0v) is 13.2. The molecule has 1 aromatic heterocycles. The molecule has 116 valence electrons. The van der Waals surface area contributed by atoms with Crippen LogP contribution in [0, 0.1) is 0 Å². The first-order chi connectivity index (χ1) is 11.1. The van der Waals surface area contributed by atoms with Gasteiger partial charge in [0.05, 0.1) is 11.4 Å². The summed E-state index contributed by atoms with van der Waals surface area (Å²) in [6.07, 6.45) is 0. The number of nitrogens with zero attached hydrogens (tertiary/aromatic N) is 2. The summed E-state index contributed by atoms with van der Waals surface area (Å²) in [6, 6.07) is 14.3. The smallest absolute Gasteiger partial charge is 0.203 e. The Labute approximate surface area is 137 Å². The number of hydrazone groups is 1. The Morgan fingerprint density at radius 1 is 1.13 bits per heavy atom. The fourth-order valence-corrected chi connectivity index (χ4v) is 2.75. The summed E-state index contributed by atoms with van der Waals surface area (Å²) in [4.78, 5) is 4.48. The molecule has 0 aliphatic carbocycles. The molecular formula is C17H15N3O2S. The summed E-state index contributed by atoms with van der Waals surface area (Å²) in [5.74, 6) is -0.00315. The van der Waals surface area contributed by atoms with Gasteiger partial charge in [-0.25, -0.2) is 4.98 Å². The molecule has 0 bridgehead atoms. The molecule has 0 saturated heterocycles. The molecular weight excluding hydrogens is 310 g/mol. The summed E-state index contributed by atoms with van der Waals surface area (Å²) in [6.45, 7) is 1.77. The summed E-state index contributed by atoms with van der Waals surface area (Å²) in [7, 11) is 0. The molecule has 0 spiro atoms. The number of hydrogen-bond donors (Lipinski definition) is 3. The van der Waals surface area contributed by atoms with Crippen LogP contribution in [0.25, 0.3) is 11.3 Å². The van der Waals surface area contributed by atoms with Gasteiger partial charge in [-0.1, -0.05) is 30.3 Å². The predicted molar refractivity (Wildman–Crippen MR) is 93.2 cm³/mol. The highest BCUT2D eigenvalue weighted by Gasteiger charge is 2.07. The van der Waals surface area contributed by atoms with Crippen LogP contribution in [-0.2, 0) is 0 Å². The zero-order valence-electron chi connectivity index (χ0n) is 12.4. The summed E-state index contributed by atoms with van der Waals surface area (Å²) < 4.78 is 0. The molecule has 0 unspecified atom stereocenters. The average molecular weight is 325 g/mol. The Bertz CT molecular complexity index is 844. The van der Waals surface area contributed by atoms with E-state index in [-0.39, 0.29) is 11.5 Å². The van der Waals surface area contributed by atoms with Crippen LogP contribution < -0.4 is 5.43 Å². The van der Waals surface area contributed by atoms with E-state index in [4.69, 9.17) is 0 Å². The fourth-order valence-electron chi connectivity index (χ4n) is 2.08. The maximum atomic E-state index is 9.83. The molecule has 3 aromatic rings. The number of aromatic hydroxyl groups is 2. The molecule has 3 N–H and O–H groups in total. The van der Waals surface area contributed by atoms with Gasteiger partial charge >= 0.3 is 0 Å². The van der Waals surface area contributed by atoms with Gasteiger partial charge in [0, 0.05) is 22.6 Å². The van der Waals surface area contributed by atoms with Crippen LogP contribution in [0.4, 0.5) is 5.13 Å². The zero-order chi connectivity index (χ0) is 16.2. The first kappa shape index (κ1) is 15.1. The van der Waals surface area contributed by atoms with Crippen molar-refractivity contribution in [3.63, 3.8) is 0 Å². The predicted octanol–water partition coefficient (Wildman–Crippen LogP) is 4.06. The van der Waals surface area contributed by atoms with Crippen LogP contribution in [-0.4, -0.2) is 20.9 Å². The van der Waals surface area contributed by atoms with Crippen molar-refractivity contribution in [2.45, 2.75) is 6.92 Å². The lowest BCUT2D eigenvalue weighted by Crippen LogP contribution is -2.00. The normalized spacial score (nSPS) is 11.4. The van der Waals surface area contributed by atoms with Crippen LogP contribution in [0.5, 0.6) is 11.5 Å². The molecule has 5 nitrogen and oxygen atoms in total. The van der Waals surface area contributed by atoms with Gasteiger partial charge in [-0.3, -0.25) is 5.43 Å². The van der Waals surface area contributed by atoms with Crippen molar-refractivity contribution in [1.29, 1.82) is 0 Å². The largest absolute Gasteiger partial charge is 0.508 e. The number of rotatable bonds is 4. The summed E-state index contributed by atoms with van der Waals surface area (Å²) >= 11 is 1.46. The highest BCUT2D eigenvalue weighted by atomic mass is 32.1. The second-order valence-corrected chi connectivity index (χ2v) is 5.77. The minimum atomic E-state index is -0.0165.